The van der Waals surface area contributed by atoms with E-state index in [-0.39, 0.29) is 5.92 Å². The van der Waals surface area contributed by atoms with Gasteiger partial charge in [0.15, 0.2) is 17.5 Å². The fourth-order valence-corrected chi connectivity index (χ4v) is 6.86. The minimum absolute atomic E-state index is 0.0372. The second-order valence-electron chi connectivity index (χ2n) is 11.3. The van der Waals surface area contributed by atoms with Gasteiger partial charge in [0.05, 0.1) is 0 Å². The van der Waals surface area contributed by atoms with Crippen molar-refractivity contribution in [1.82, 2.24) is 0 Å². The summed E-state index contributed by atoms with van der Waals surface area (Å²) in [6.07, 6.45) is 15.8. The number of benzene rings is 2. The van der Waals surface area contributed by atoms with Crippen molar-refractivity contribution in [3.63, 3.8) is 0 Å². The molecule has 0 aromatic heterocycles. The molecule has 2 aromatic rings. The van der Waals surface area contributed by atoms with Crippen molar-refractivity contribution in [3.05, 3.63) is 76.6 Å². The van der Waals surface area contributed by atoms with Gasteiger partial charge in [-0.05, 0) is 122 Å². The van der Waals surface area contributed by atoms with E-state index in [1.165, 1.54) is 68.1 Å². The topological polar surface area (TPSA) is 0 Å². The molecule has 2 aromatic carbocycles. The molecule has 2 fully saturated rings. The highest BCUT2D eigenvalue weighted by molar-refractivity contribution is 5.67. The van der Waals surface area contributed by atoms with Crippen molar-refractivity contribution in [2.24, 2.45) is 17.8 Å². The van der Waals surface area contributed by atoms with Crippen LogP contribution >= 0.6 is 0 Å². The summed E-state index contributed by atoms with van der Waals surface area (Å²) in [4.78, 5) is 0. The van der Waals surface area contributed by atoms with Gasteiger partial charge in [-0.3, -0.25) is 0 Å². The molecule has 0 amide bonds. The molecule has 0 nitrogen and oxygen atoms in total. The van der Waals surface area contributed by atoms with E-state index in [0.717, 1.165) is 49.1 Å². The molecule has 1 atom stereocenters. The predicted octanol–water partition coefficient (Wildman–Crippen LogP) is 9.56. The normalized spacial score (nSPS) is 30.1. The molecule has 5 rings (SSSR count). The zero-order valence-electron chi connectivity index (χ0n) is 20.3. The zero-order chi connectivity index (χ0) is 23.7. The highest BCUT2D eigenvalue weighted by Gasteiger charge is 2.30. The van der Waals surface area contributed by atoms with Gasteiger partial charge in [0, 0.05) is 0 Å². The summed E-state index contributed by atoms with van der Waals surface area (Å²) in [5.74, 6) is 0.0236. The maximum atomic E-state index is 13.6. The van der Waals surface area contributed by atoms with Gasteiger partial charge >= 0.3 is 0 Å². The third kappa shape index (κ3) is 5.14. The summed E-state index contributed by atoms with van der Waals surface area (Å²) in [7, 11) is 0. The van der Waals surface area contributed by atoms with Gasteiger partial charge in [0.2, 0.25) is 0 Å². The van der Waals surface area contributed by atoms with Crippen LogP contribution in [0.3, 0.4) is 0 Å². The monoisotopic (exact) mass is 466 g/mol. The Kier molecular flexibility index (Phi) is 7.18. The molecule has 0 radical (unpaired) electrons. The predicted molar refractivity (Wildman–Crippen MR) is 133 cm³/mol. The molecule has 0 N–H and O–H groups in total. The molecule has 0 heterocycles. The SMILES string of the molecule is CC1CCC(C2CCC(c3ccc(C4=CCC(c5cc(F)c(F)c(F)c5)CC4)cc3)CC2)CC1. The number of hydrogen-bond donors (Lipinski definition) is 0. The second-order valence-corrected chi connectivity index (χ2v) is 11.3. The van der Waals surface area contributed by atoms with Crippen molar-refractivity contribution in [1.29, 1.82) is 0 Å². The first-order valence-electron chi connectivity index (χ1n) is 13.4. The third-order valence-electron chi connectivity index (χ3n) is 9.14. The molecule has 0 aliphatic heterocycles. The number of halogens is 3. The average molecular weight is 467 g/mol. The van der Waals surface area contributed by atoms with E-state index in [2.05, 4.69) is 37.3 Å². The summed E-state index contributed by atoms with van der Waals surface area (Å²) in [6, 6.07) is 11.5. The lowest BCUT2D eigenvalue weighted by Crippen LogP contribution is -2.24. The van der Waals surface area contributed by atoms with E-state index in [1.807, 2.05) is 0 Å². The molecule has 0 saturated heterocycles. The molecule has 34 heavy (non-hydrogen) atoms. The average Bonchev–Trinajstić information content (AvgIpc) is 2.88. The van der Waals surface area contributed by atoms with Crippen molar-refractivity contribution < 1.29 is 13.2 Å². The molecule has 3 aliphatic rings. The fourth-order valence-electron chi connectivity index (χ4n) is 6.86. The van der Waals surface area contributed by atoms with E-state index >= 15 is 0 Å². The molecular weight excluding hydrogens is 429 g/mol. The molecule has 3 aliphatic carbocycles. The summed E-state index contributed by atoms with van der Waals surface area (Å²) in [5, 5.41) is 0. The van der Waals surface area contributed by atoms with Crippen LogP contribution < -0.4 is 0 Å². The standard InChI is InChI=1S/C31H37F3/c1-20-2-4-21(5-3-20)22-6-8-23(9-7-22)24-10-12-25(13-11-24)26-14-16-27(17-15-26)28-18-29(32)31(34)30(33)19-28/h10-14,18-23,27H,2-9,15-17H2,1H3. The molecule has 0 spiro atoms. The van der Waals surface area contributed by atoms with Crippen molar-refractivity contribution in [2.45, 2.75) is 89.4 Å². The van der Waals surface area contributed by atoms with Gasteiger partial charge in [0.25, 0.3) is 0 Å². The van der Waals surface area contributed by atoms with Crippen LogP contribution in [0.25, 0.3) is 5.57 Å². The Morgan fingerprint density at radius 3 is 1.79 bits per heavy atom. The van der Waals surface area contributed by atoms with Gasteiger partial charge < -0.3 is 0 Å². The highest BCUT2D eigenvalue weighted by Crippen LogP contribution is 2.44. The fraction of sp³-hybridized carbons (Fsp3) is 0.548. The van der Waals surface area contributed by atoms with Crippen molar-refractivity contribution >= 4 is 5.57 Å². The zero-order valence-corrected chi connectivity index (χ0v) is 20.3. The molecule has 182 valence electrons. The Labute approximate surface area is 202 Å². The molecule has 3 heteroatoms. The van der Waals surface area contributed by atoms with Crippen LogP contribution in [0.4, 0.5) is 13.2 Å². The van der Waals surface area contributed by atoms with Crippen LogP contribution in [0, 0.1) is 35.2 Å². The Bertz CT molecular complexity index is 982. The first-order chi connectivity index (χ1) is 16.5. The van der Waals surface area contributed by atoms with Crippen LogP contribution in [0.5, 0.6) is 0 Å². The van der Waals surface area contributed by atoms with Crippen LogP contribution in [0.15, 0.2) is 42.5 Å². The summed E-state index contributed by atoms with van der Waals surface area (Å²) < 4.78 is 40.5. The van der Waals surface area contributed by atoms with Crippen molar-refractivity contribution in [2.75, 3.05) is 0 Å². The lowest BCUT2D eigenvalue weighted by Gasteiger charge is -2.37. The molecule has 2 saturated carbocycles. The van der Waals surface area contributed by atoms with Gasteiger partial charge in [-0.1, -0.05) is 50.1 Å². The van der Waals surface area contributed by atoms with E-state index < -0.39 is 17.5 Å². The second kappa shape index (κ2) is 10.3. The summed E-state index contributed by atoms with van der Waals surface area (Å²) >= 11 is 0. The Morgan fingerprint density at radius 1 is 0.647 bits per heavy atom. The van der Waals surface area contributed by atoms with Gasteiger partial charge in [-0.2, -0.15) is 0 Å². The van der Waals surface area contributed by atoms with Gasteiger partial charge in [-0.15, -0.1) is 0 Å². The Morgan fingerprint density at radius 2 is 1.24 bits per heavy atom. The number of rotatable bonds is 4. The van der Waals surface area contributed by atoms with Crippen LogP contribution in [0.1, 0.15) is 106 Å². The Balaban J connectivity index is 1.17. The quantitative estimate of drug-likeness (QED) is 0.394. The van der Waals surface area contributed by atoms with Crippen LogP contribution in [0.2, 0.25) is 0 Å². The number of allylic oxidation sites excluding steroid dienone is 2. The summed E-state index contributed by atoms with van der Waals surface area (Å²) in [5.41, 5.74) is 4.59. The smallest absolute Gasteiger partial charge is 0.194 e. The van der Waals surface area contributed by atoms with E-state index in [0.29, 0.717) is 11.5 Å². The maximum Gasteiger partial charge on any atom is 0.194 e. The minimum atomic E-state index is -1.38. The number of hydrogen-bond acceptors (Lipinski definition) is 0. The first-order valence-corrected chi connectivity index (χ1v) is 13.4. The maximum absolute atomic E-state index is 13.6. The van der Waals surface area contributed by atoms with Gasteiger partial charge in [-0.25, -0.2) is 13.2 Å². The van der Waals surface area contributed by atoms with E-state index in [1.54, 1.807) is 0 Å². The molecule has 0 bridgehead atoms. The molecular formula is C31H37F3. The first kappa shape index (κ1) is 23.7. The van der Waals surface area contributed by atoms with Crippen LogP contribution in [-0.4, -0.2) is 0 Å². The minimum Gasteiger partial charge on any atom is -0.204 e. The summed E-state index contributed by atoms with van der Waals surface area (Å²) in [6.45, 7) is 2.41. The molecule has 1 unspecified atom stereocenters. The largest absolute Gasteiger partial charge is 0.204 e. The lowest BCUT2D eigenvalue weighted by atomic mass is 9.68. The lowest BCUT2D eigenvalue weighted by molar-refractivity contribution is 0.165. The van der Waals surface area contributed by atoms with E-state index in [4.69, 9.17) is 0 Å². The Hall–Kier alpha value is -2.03. The third-order valence-corrected chi connectivity index (χ3v) is 9.14. The van der Waals surface area contributed by atoms with E-state index in [9.17, 15) is 13.2 Å². The highest BCUT2D eigenvalue weighted by atomic mass is 19.2. The van der Waals surface area contributed by atoms with Crippen LogP contribution in [-0.2, 0) is 0 Å². The van der Waals surface area contributed by atoms with Crippen molar-refractivity contribution in [3.8, 4) is 0 Å². The van der Waals surface area contributed by atoms with Gasteiger partial charge in [0.1, 0.15) is 0 Å².